The van der Waals surface area contributed by atoms with Gasteiger partial charge < -0.3 is 19.9 Å². The van der Waals surface area contributed by atoms with Gasteiger partial charge in [-0.05, 0) is 52.6 Å². The molecule has 2 aliphatic heterocycles. The molecule has 2 heterocycles. The van der Waals surface area contributed by atoms with Gasteiger partial charge in [0.2, 0.25) is 0 Å². The van der Waals surface area contributed by atoms with Crippen LogP contribution in [0.25, 0.3) is 0 Å². The van der Waals surface area contributed by atoms with Crippen molar-refractivity contribution in [3.63, 3.8) is 0 Å². The van der Waals surface area contributed by atoms with Crippen LogP contribution in [0.3, 0.4) is 0 Å². The van der Waals surface area contributed by atoms with Gasteiger partial charge in [-0.2, -0.15) is 0 Å². The quantitative estimate of drug-likeness (QED) is 0.635. The van der Waals surface area contributed by atoms with E-state index in [0.717, 1.165) is 64.1 Å². The van der Waals surface area contributed by atoms with Crippen molar-refractivity contribution in [1.29, 1.82) is 0 Å². The fourth-order valence-electron chi connectivity index (χ4n) is 3.37. The molecule has 5 heteroatoms. The lowest BCUT2D eigenvalue weighted by Crippen LogP contribution is -2.52. The lowest BCUT2D eigenvalue weighted by molar-refractivity contribution is -0.00266. The Morgan fingerprint density at radius 3 is 2.45 bits per heavy atom. The van der Waals surface area contributed by atoms with Gasteiger partial charge in [-0.15, -0.1) is 0 Å². The number of hydrogen-bond acceptors (Lipinski definition) is 3. The Balaban J connectivity index is 2.04. The molecule has 2 rings (SSSR count). The van der Waals surface area contributed by atoms with Gasteiger partial charge in [-0.3, -0.25) is 4.99 Å². The van der Waals surface area contributed by atoms with Crippen LogP contribution >= 0.6 is 0 Å². The number of aliphatic imine (C=N–C) groups is 1. The van der Waals surface area contributed by atoms with Crippen molar-refractivity contribution in [2.24, 2.45) is 10.9 Å². The molecule has 0 saturated carbocycles. The number of guanidine groups is 1. The number of piperidine rings is 1. The van der Waals surface area contributed by atoms with Gasteiger partial charge >= 0.3 is 0 Å². The van der Waals surface area contributed by atoms with Crippen LogP contribution in [0.5, 0.6) is 0 Å². The summed E-state index contributed by atoms with van der Waals surface area (Å²) in [6.45, 7) is 10.3. The molecule has 0 spiro atoms. The Morgan fingerprint density at radius 2 is 1.91 bits per heavy atom. The van der Waals surface area contributed by atoms with Crippen LogP contribution in [-0.2, 0) is 4.74 Å². The average molecular weight is 310 g/mol. The summed E-state index contributed by atoms with van der Waals surface area (Å²) in [6, 6.07) is 0. The molecule has 5 nitrogen and oxygen atoms in total. The molecule has 0 unspecified atom stereocenters. The summed E-state index contributed by atoms with van der Waals surface area (Å²) in [5, 5.41) is 3.49. The molecule has 0 aromatic carbocycles. The van der Waals surface area contributed by atoms with Crippen LogP contribution in [0.4, 0.5) is 0 Å². The molecular formula is C17H34N4O. The van der Waals surface area contributed by atoms with Gasteiger partial charge in [-0.1, -0.05) is 6.92 Å². The van der Waals surface area contributed by atoms with Crippen molar-refractivity contribution >= 4 is 5.96 Å². The van der Waals surface area contributed by atoms with Gasteiger partial charge in [0.25, 0.3) is 0 Å². The minimum absolute atomic E-state index is 0.155. The lowest BCUT2D eigenvalue weighted by atomic mass is 9.89. The standard InChI is InChI=1S/C17H34N4O/c1-5-18-16(21-10-6-15(2)7-11-21)19-14-17(20(3)4)8-12-22-13-9-17/h15H,5-14H2,1-4H3,(H,18,19). The molecule has 0 bridgehead atoms. The SMILES string of the molecule is CCNC(=NCC1(N(C)C)CCOCC1)N1CCC(C)CC1. The maximum absolute atomic E-state index is 5.56. The first kappa shape index (κ1) is 17.5. The zero-order valence-electron chi connectivity index (χ0n) is 14.9. The molecule has 0 aromatic heterocycles. The summed E-state index contributed by atoms with van der Waals surface area (Å²) in [4.78, 5) is 9.80. The first-order chi connectivity index (χ1) is 10.6. The number of rotatable bonds is 4. The normalized spacial score (nSPS) is 23.9. The van der Waals surface area contributed by atoms with E-state index in [9.17, 15) is 0 Å². The molecule has 0 aliphatic carbocycles. The Labute approximate surface area is 136 Å². The Hall–Kier alpha value is -0.810. The van der Waals surface area contributed by atoms with Crippen molar-refractivity contribution < 1.29 is 4.74 Å². The highest BCUT2D eigenvalue weighted by atomic mass is 16.5. The smallest absolute Gasteiger partial charge is 0.193 e. The fourth-order valence-corrected chi connectivity index (χ4v) is 3.37. The maximum Gasteiger partial charge on any atom is 0.193 e. The monoisotopic (exact) mass is 310 g/mol. The van der Waals surface area contributed by atoms with E-state index in [0.29, 0.717) is 0 Å². The van der Waals surface area contributed by atoms with Crippen LogP contribution < -0.4 is 5.32 Å². The minimum atomic E-state index is 0.155. The number of likely N-dealkylation sites (N-methyl/N-ethyl adjacent to an activating group) is 1. The maximum atomic E-state index is 5.56. The molecular weight excluding hydrogens is 276 g/mol. The van der Waals surface area contributed by atoms with Crippen molar-refractivity contribution in [2.45, 2.75) is 45.1 Å². The molecule has 22 heavy (non-hydrogen) atoms. The topological polar surface area (TPSA) is 40.1 Å². The third-order valence-corrected chi connectivity index (χ3v) is 5.31. The van der Waals surface area contributed by atoms with Crippen LogP contribution in [0.1, 0.15) is 39.5 Å². The zero-order chi connectivity index (χ0) is 16.0. The van der Waals surface area contributed by atoms with E-state index >= 15 is 0 Å². The van der Waals surface area contributed by atoms with Gasteiger partial charge in [0, 0.05) is 38.4 Å². The van der Waals surface area contributed by atoms with Crippen molar-refractivity contribution in [3.05, 3.63) is 0 Å². The molecule has 128 valence electrons. The van der Waals surface area contributed by atoms with Gasteiger partial charge in [0.05, 0.1) is 6.54 Å². The summed E-state index contributed by atoms with van der Waals surface area (Å²) in [5.74, 6) is 1.95. The molecule has 0 aromatic rings. The molecule has 2 fully saturated rings. The van der Waals surface area contributed by atoms with Gasteiger partial charge in [-0.25, -0.2) is 0 Å². The molecule has 1 N–H and O–H groups in total. The number of nitrogens with one attached hydrogen (secondary N) is 1. The highest BCUT2D eigenvalue weighted by Crippen LogP contribution is 2.26. The third kappa shape index (κ3) is 4.35. The van der Waals surface area contributed by atoms with E-state index < -0.39 is 0 Å². The predicted octanol–water partition coefficient (Wildman–Crippen LogP) is 1.79. The summed E-state index contributed by atoms with van der Waals surface area (Å²) in [6.07, 6.45) is 4.69. The molecule has 0 amide bonds. The van der Waals surface area contributed by atoms with Crippen molar-refractivity contribution in [3.8, 4) is 0 Å². The van der Waals surface area contributed by atoms with E-state index in [1.165, 1.54) is 12.8 Å². The second-order valence-electron chi connectivity index (χ2n) is 7.07. The van der Waals surface area contributed by atoms with Gasteiger partial charge in [0.15, 0.2) is 5.96 Å². The summed E-state index contributed by atoms with van der Waals surface area (Å²) in [7, 11) is 4.35. The zero-order valence-corrected chi connectivity index (χ0v) is 14.9. The van der Waals surface area contributed by atoms with Crippen LogP contribution in [0, 0.1) is 5.92 Å². The number of nitrogens with zero attached hydrogens (tertiary/aromatic N) is 3. The Kier molecular flexibility index (Phi) is 6.50. The first-order valence-electron chi connectivity index (χ1n) is 8.86. The number of ether oxygens (including phenoxy) is 1. The van der Waals surface area contributed by atoms with E-state index in [1.54, 1.807) is 0 Å². The Bertz CT molecular complexity index is 356. The summed E-state index contributed by atoms with van der Waals surface area (Å²) in [5.41, 5.74) is 0.155. The van der Waals surface area contributed by atoms with Gasteiger partial charge in [0.1, 0.15) is 0 Å². The van der Waals surface area contributed by atoms with Crippen LogP contribution in [-0.4, -0.2) is 74.8 Å². The predicted molar refractivity (Wildman–Crippen MR) is 92.4 cm³/mol. The first-order valence-corrected chi connectivity index (χ1v) is 8.86. The molecule has 0 atom stereocenters. The second-order valence-corrected chi connectivity index (χ2v) is 7.07. The largest absolute Gasteiger partial charge is 0.381 e. The van der Waals surface area contributed by atoms with Crippen LogP contribution in [0.2, 0.25) is 0 Å². The van der Waals surface area contributed by atoms with E-state index in [-0.39, 0.29) is 5.54 Å². The molecule has 0 radical (unpaired) electrons. The number of hydrogen-bond donors (Lipinski definition) is 1. The van der Waals surface area contributed by atoms with E-state index in [2.05, 4.69) is 43.1 Å². The molecule has 2 saturated heterocycles. The van der Waals surface area contributed by atoms with Crippen molar-refractivity contribution in [1.82, 2.24) is 15.1 Å². The summed E-state index contributed by atoms with van der Waals surface area (Å²) < 4.78 is 5.56. The Morgan fingerprint density at radius 1 is 1.27 bits per heavy atom. The number of likely N-dealkylation sites (tertiary alicyclic amines) is 1. The average Bonchev–Trinajstić information content (AvgIpc) is 2.53. The highest BCUT2D eigenvalue weighted by molar-refractivity contribution is 5.80. The fraction of sp³-hybridized carbons (Fsp3) is 0.941. The minimum Gasteiger partial charge on any atom is -0.381 e. The molecule has 2 aliphatic rings. The highest BCUT2D eigenvalue weighted by Gasteiger charge is 2.35. The second kappa shape index (κ2) is 8.16. The van der Waals surface area contributed by atoms with Crippen LogP contribution in [0.15, 0.2) is 4.99 Å². The third-order valence-electron chi connectivity index (χ3n) is 5.31. The van der Waals surface area contributed by atoms with Crippen molar-refractivity contribution in [2.75, 3.05) is 53.5 Å². The van der Waals surface area contributed by atoms with E-state index in [1.807, 2.05) is 0 Å². The van der Waals surface area contributed by atoms with E-state index in [4.69, 9.17) is 9.73 Å². The lowest BCUT2D eigenvalue weighted by Gasteiger charge is -2.42. The summed E-state index contributed by atoms with van der Waals surface area (Å²) >= 11 is 0.